The summed E-state index contributed by atoms with van der Waals surface area (Å²) >= 11 is 0. The molecule has 1 atom stereocenters. The van der Waals surface area contributed by atoms with Crippen LogP contribution in [0.5, 0.6) is 0 Å². The van der Waals surface area contributed by atoms with Gasteiger partial charge in [-0.3, -0.25) is 4.79 Å². The molecule has 1 N–H and O–H groups in total. The first kappa shape index (κ1) is 16.2. The topological polar surface area (TPSA) is 58.6 Å². The average Bonchev–Trinajstić information content (AvgIpc) is 2.54. The van der Waals surface area contributed by atoms with E-state index in [9.17, 15) is 9.59 Å². The van der Waals surface area contributed by atoms with Crippen molar-refractivity contribution in [1.29, 1.82) is 0 Å². The van der Waals surface area contributed by atoms with Gasteiger partial charge in [-0.05, 0) is 75.5 Å². The standard InChI is InChI=1S/C19H30N2O3/c1-2-24-19(23)20-16-4-3-5-21(11-16)18(22)17-14-7-12-6-13(9-14)10-15(17)8-12/h12-17H,2-11H2,1H3,(H,20,23)/t12?,13?,14?,15?,16-,17?/m1/s1. The monoisotopic (exact) mass is 334 g/mol. The third-order valence-corrected chi connectivity index (χ3v) is 6.84. The Bertz CT molecular complexity index is 479. The summed E-state index contributed by atoms with van der Waals surface area (Å²) in [6, 6.07) is 0.0404. The van der Waals surface area contributed by atoms with Gasteiger partial charge in [-0.25, -0.2) is 4.79 Å². The van der Waals surface area contributed by atoms with Crippen molar-refractivity contribution in [2.45, 2.75) is 57.9 Å². The zero-order valence-electron chi connectivity index (χ0n) is 14.7. The van der Waals surface area contributed by atoms with Crippen LogP contribution in [-0.2, 0) is 9.53 Å². The molecule has 0 aromatic carbocycles. The molecule has 5 aliphatic rings. The number of carbonyl (C=O) groups excluding carboxylic acids is 2. The summed E-state index contributed by atoms with van der Waals surface area (Å²) in [5.41, 5.74) is 0. The predicted octanol–water partition coefficient (Wildman–Crippen LogP) is 2.80. The van der Waals surface area contributed by atoms with Crippen LogP contribution >= 0.6 is 0 Å². The molecule has 4 bridgehead atoms. The Kier molecular flexibility index (Phi) is 4.44. The van der Waals surface area contributed by atoms with E-state index >= 15 is 0 Å². The minimum absolute atomic E-state index is 0.0404. The number of rotatable bonds is 3. The second-order valence-corrected chi connectivity index (χ2v) is 8.44. The number of alkyl carbamates (subject to hydrolysis) is 1. The number of amides is 2. The van der Waals surface area contributed by atoms with Crippen LogP contribution in [0.3, 0.4) is 0 Å². The quantitative estimate of drug-likeness (QED) is 0.863. The van der Waals surface area contributed by atoms with E-state index in [1.807, 2.05) is 11.8 Å². The maximum Gasteiger partial charge on any atom is 0.407 e. The Morgan fingerprint density at radius 3 is 2.38 bits per heavy atom. The first-order chi connectivity index (χ1) is 11.6. The largest absolute Gasteiger partial charge is 0.450 e. The summed E-state index contributed by atoms with van der Waals surface area (Å²) < 4.78 is 4.98. The number of likely N-dealkylation sites (tertiary alicyclic amines) is 1. The highest BCUT2D eigenvalue weighted by molar-refractivity contribution is 5.80. The summed E-state index contributed by atoms with van der Waals surface area (Å²) in [6.07, 6.45) is 8.09. The maximum atomic E-state index is 13.2. The van der Waals surface area contributed by atoms with Crippen LogP contribution in [0.15, 0.2) is 0 Å². The summed E-state index contributed by atoms with van der Waals surface area (Å²) in [7, 11) is 0. The second-order valence-electron chi connectivity index (χ2n) is 8.44. The molecular formula is C19H30N2O3. The molecule has 0 unspecified atom stereocenters. The van der Waals surface area contributed by atoms with Gasteiger partial charge in [-0.2, -0.15) is 0 Å². The van der Waals surface area contributed by atoms with Crippen LogP contribution in [0.4, 0.5) is 4.79 Å². The minimum atomic E-state index is -0.355. The van der Waals surface area contributed by atoms with E-state index in [-0.39, 0.29) is 18.1 Å². The van der Waals surface area contributed by atoms with Crippen LogP contribution in [-0.4, -0.2) is 42.6 Å². The van der Waals surface area contributed by atoms with Crippen molar-refractivity contribution in [3.05, 3.63) is 0 Å². The Balaban J connectivity index is 1.38. The second kappa shape index (κ2) is 6.57. The average molecular weight is 334 g/mol. The third-order valence-electron chi connectivity index (χ3n) is 6.84. The van der Waals surface area contributed by atoms with E-state index in [4.69, 9.17) is 4.74 Å². The van der Waals surface area contributed by atoms with Crippen LogP contribution in [0.1, 0.15) is 51.9 Å². The highest BCUT2D eigenvalue weighted by Crippen LogP contribution is 2.56. The van der Waals surface area contributed by atoms with Crippen LogP contribution in [0, 0.1) is 29.6 Å². The number of hydrogen-bond acceptors (Lipinski definition) is 3. The van der Waals surface area contributed by atoms with Gasteiger partial charge in [0.2, 0.25) is 5.91 Å². The fourth-order valence-electron chi connectivity index (χ4n) is 6.17. The van der Waals surface area contributed by atoms with Crippen LogP contribution in [0.25, 0.3) is 0 Å². The lowest BCUT2D eigenvalue weighted by Crippen LogP contribution is -2.56. The molecule has 0 radical (unpaired) electrons. The Morgan fingerprint density at radius 2 is 1.75 bits per heavy atom. The lowest BCUT2D eigenvalue weighted by Gasteiger charge is -2.54. The summed E-state index contributed by atoms with van der Waals surface area (Å²) in [4.78, 5) is 26.9. The lowest BCUT2D eigenvalue weighted by atomic mass is 9.51. The molecule has 1 aliphatic heterocycles. The van der Waals surface area contributed by atoms with Gasteiger partial charge in [-0.1, -0.05) is 0 Å². The van der Waals surface area contributed by atoms with Gasteiger partial charge >= 0.3 is 6.09 Å². The lowest BCUT2D eigenvalue weighted by molar-refractivity contribution is -0.150. The molecule has 0 aromatic rings. The van der Waals surface area contributed by atoms with E-state index in [0.29, 0.717) is 30.9 Å². The SMILES string of the molecule is CCOC(=O)N[C@@H]1CCCN(C(=O)C2C3CC4CC(C3)CC2C4)C1. The normalized spacial score (nSPS) is 40.5. The fraction of sp³-hybridized carbons (Fsp3) is 0.895. The van der Waals surface area contributed by atoms with Crippen molar-refractivity contribution < 1.29 is 14.3 Å². The molecular weight excluding hydrogens is 304 g/mol. The van der Waals surface area contributed by atoms with E-state index < -0.39 is 0 Å². The van der Waals surface area contributed by atoms with E-state index in [1.165, 1.54) is 32.1 Å². The molecule has 5 fully saturated rings. The van der Waals surface area contributed by atoms with Gasteiger partial charge in [0.25, 0.3) is 0 Å². The zero-order chi connectivity index (χ0) is 16.7. The van der Waals surface area contributed by atoms with Gasteiger partial charge in [-0.15, -0.1) is 0 Å². The molecule has 0 spiro atoms. The number of carbonyl (C=O) groups is 2. The van der Waals surface area contributed by atoms with Crippen molar-refractivity contribution in [3.8, 4) is 0 Å². The van der Waals surface area contributed by atoms with Gasteiger partial charge in [0.1, 0.15) is 0 Å². The molecule has 1 heterocycles. The highest BCUT2D eigenvalue weighted by Gasteiger charge is 2.51. The molecule has 2 amide bonds. The van der Waals surface area contributed by atoms with Crippen LogP contribution in [0.2, 0.25) is 0 Å². The number of nitrogens with one attached hydrogen (secondary N) is 1. The number of nitrogens with zero attached hydrogens (tertiary/aromatic N) is 1. The Morgan fingerprint density at radius 1 is 1.08 bits per heavy atom. The summed E-state index contributed by atoms with van der Waals surface area (Å²) in [6.45, 7) is 3.70. The van der Waals surface area contributed by atoms with E-state index in [2.05, 4.69) is 5.32 Å². The highest BCUT2D eigenvalue weighted by atomic mass is 16.5. The Hall–Kier alpha value is -1.26. The van der Waals surface area contributed by atoms with Gasteiger partial charge < -0.3 is 15.0 Å². The summed E-state index contributed by atoms with van der Waals surface area (Å²) in [5, 5.41) is 2.92. The van der Waals surface area contributed by atoms with Crippen LogP contribution < -0.4 is 5.32 Å². The number of hydrogen-bond donors (Lipinski definition) is 1. The van der Waals surface area contributed by atoms with Gasteiger partial charge in [0.05, 0.1) is 6.61 Å². The van der Waals surface area contributed by atoms with Crippen molar-refractivity contribution in [2.24, 2.45) is 29.6 Å². The Labute approximate surface area is 144 Å². The maximum absolute atomic E-state index is 13.2. The van der Waals surface area contributed by atoms with Crippen molar-refractivity contribution >= 4 is 12.0 Å². The molecule has 5 rings (SSSR count). The molecule has 24 heavy (non-hydrogen) atoms. The first-order valence-corrected chi connectivity index (χ1v) is 9.86. The van der Waals surface area contributed by atoms with Crippen molar-refractivity contribution in [2.75, 3.05) is 19.7 Å². The van der Waals surface area contributed by atoms with E-state index in [0.717, 1.165) is 31.2 Å². The molecule has 4 aliphatic carbocycles. The van der Waals surface area contributed by atoms with Gasteiger partial charge in [0.15, 0.2) is 0 Å². The summed E-state index contributed by atoms with van der Waals surface area (Å²) in [5.74, 6) is 3.70. The molecule has 0 aromatic heterocycles. The smallest absolute Gasteiger partial charge is 0.407 e. The van der Waals surface area contributed by atoms with Crippen molar-refractivity contribution in [3.63, 3.8) is 0 Å². The van der Waals surface area contributed by atoms with Gasteiger partial charge in [0, 0.05) is 25.0 Å². The predicted molar refractivity (Wildman–Crippen MR) is 90.3 cm³/mol. The zero-order valence-corrected chi connectivity index (χ0v) is 14.7. The number of ether oxygens (including phenoxy) is 1. The molecule has 5 nitrogen and oxygen atoms in total. The van der Waals surface area contributed by atoms with E-state index in [1.54, 1.807) is 0 Å². The molecule has 4 saturated carbocycles. The molecule has 5 heteroatoms. The third kappa shape index (κ3) is 3.02. The molecule has 1 saturated heterocycles. The minimum Gasteiger partial charge on any atom is -0.450 e. The molecule has 134 valence electrons. The number of piperidine rings is 1. The first-order valence-electron chi connectivity index (χ1n) is 9.86. The van der Waals surface area contributed by atoms with Crippen molar-refractivity contribution in [1.82, 2.24) is 10.2 Å². The fourth-order valence-corrected chi connectivity index (χ4v) is 6.17.